The van der Waals surface area contributed by atoms with E-state index >= 15 is 0 Å². The first-order valence-electron chi connectivity index (χ1n) is 18.9. The Balaban J connectivity index is 1.12. The molecule has 3 aromatic carbocycles. The van der Waals surface area contributed by atoms with Gasteiger partial charge < -0.3 is 94.4 Å². The second-order valence-electron chi connectivity index (χ2n) is 14.8. The summed E-state index contributed by atoms with van der Waals surface area (Å²) in [5.41, 5.74) is 0.277. The molecule has 0 amide bonds. The first kappa shape index (κ1) is 44.1. The molecule has 21 nitrogen and oxygen atoms in total. The molecule has 3 saturated heterocycles. The van der Waals surface area contributed by atoms with Gasteiger partial charge in [0.25, 0.3) is 0 Å². The number of hydrogen-bond acceptors (Lipinski definition) is 20. The molecular weight excluding hydrogens is 816 g/mol. The molecule has 0 saturated carbocycles. The number of aliphatic hydroxyl groups is 9. The van der Waals surface area contributed by atoms with Crippen molar-refractivity contribution in [2.75, 3.05) is 13.2 Å². The van der Waals surface area contributed by atoms with Crippen LogP contribution in [0.3, 0.4) is 0 Å². The van der Waals surface area contributed by atoms with Crippen LogP contribution in [-0.2, 0) is 23.7 Å². The van der Waals surface area contributed by atoms with E-state index in [1.807, 2.05) is 0 Å². The fourth-order valence-electron chi connectivity index (χ4n) is 6.89. The average molecular weight is 862 g/mol. The van der Waals surface area contributed by atoms with Gasteiger partial charge in [-0.15, -0.1) is 0 Å². The van der Waals surface area contributed by atoms with Gasteiger partial charge >= 0.3 is 17.3 Å². The van der Waals surface area contributed by atoms with Gasteiger partial charge in [0.1, 0.15) is 102 Å². The van der Waals surface area contributed by atoms with Gasteiger partial charge in [0.05, 0.1) is 29.9 Å². The van der Waals surface area contributed by atoms with E-state index in [9.17, 15) is 66.1 Å². The van der Waals surface area contributed by atoms with Gasteiger partial charge in [-0.1, -0.05) is 0 Å². The molecule has 61 heavy (non-hydrogen) atoms. The number of rotatable bonds is 11. The highest BCUT2D eigenvalue weighted by molar-refractivity contribution is 5.90. The largest absolute Gasteiger partial charge is 0.508 e. The zero-order valence-corrected chi connectivity index (χ0v) is 32.0. The summed E-state index contributed by atoms with van der Waals surface area (Å²) < 4.78 is 45.7. The SMILES string of the molecule is C[C@@H]1O[C@@H](OC[C@H]2O[C@@H](Oc3cc4c(O)cc(O[C@@H]5O[C@@H](COC(=O)c6ccc(O)cc6)[C@@H](O)[C@H](O)[C@@H]5O)cc4[o+]c3-c3ccc(O)cc3)[C@H](O)[C@@H](O)[C@@H]2O)[C@@H](O)[C@H](O)[C@H]1O. The van der Waals surface area contributed by atoms with Crippen LogP contribution in [0.25, 0.3) is 22.3 Å². The van der Waals surface area contributed by atoms with E-state index in [0.717, 1.165) is 6.07 Å². The molecule has 12 N–H and O–H groups in total. The fraction of sp³-hybridized carbons (Fsp3) is 0.450. The molecule has 0 bridgehead atoms. The molecule has 3 aliphatic heterocycles. The Morgan fingerprint density at radius 3 is 1.77 bits per heavy atom. The van der Waals surface area contributed by atoms with Gasteiger partial charge in [0.15, 0.2) is 6.29 Å². The number of phenols is 3. The van der Waals surface area contributed by atoms with Crippen molar-refractivity contribution in [3.05, 3.63) is 72.3 Å². The molecule has 0 radical (unpaired) electrons. The highest BCUT2D eigenvalue weighted by Gasteiger charge is 2.49. The monoisotopic (exact) mass is 861 g/mol. The molecule has 0 aliphatic carbocycles. The Morgan fingerprint density at radius 1 is 0.607 bits per heavy atom. The zero-order valence-electron chi connectivity index (χ0n) is 32.0. The number of carbonyl (C=O) groups excluding carboxylic acids is 1. The van der Waals surface area contributed by atoms with E-state index in [2.05, 4.69) is 0 Å². The molecule has 15 atom stereocenters. The highest BCUT2D eigenvalue weighted by atomic mass is 16.7. The van der Waals surface area contributed by atoms with Gasteiger partial charge in [0, 0.05) is 12.1 Å². The number of carbonyl (C=O) groups is 1. The van der Waals surface area contributed by atoms with Gasteiger partial charge in [0.2, 0.25) is 18.3 Å². The molecule has 330 valence electrons. The number of aliphatic hydroxyl groups excluding tert-OH is 9. The van der Waals surface area contributed by atoms with Crippen LogP contribution >= 0.6 is 0 Å². The molecule has 0 unspecified atom stereocenters. The van der Waals surface area contributed by atoms with Crippen molar-refractivity contribution in [2.24, 2.45) is 0 Å². The number of fused-ring (bicyclic) bond motifs is 1. The van der Waals surface area contributed by atoms with Crippen molar-refractivity contribution in [3.8, 4) is 40.1 Å². The lowest BCUT2D eigenvalue weighted by Gasteiger charge is -2.42. The molecule has 7 rings (SSSR count). The summed E-state index contributed by atoms with van der Waals surface area (Å²) in [6, 6.07) is 14.3. The van der Waals surface area contributed by atoms with Crippen LogP contribution in [0.4, 0.5) is 0 Å². The summed E-state index contributed by atoms with van der Waals surface area (Å²) in [7, 11) is 0. The van der Waals surface area contributed by atoms with E-state index in [1.54, 1.807) is 0 Å². The minimum Gasteiger partial charge on any atom is -0.508 e. The van der Waals surface area contributed by atoms with Crippen molar-refractivity contribution >= 4 is 16.9 Å². The lowest BCUT2D eigenvalue weighted by atomic mass is 9.98. The average Bonchev–Trinajstić information content (AvgIpc) is 3.24. The Hall–Kier alpha value is -4.98. The van der Waals surface area contributed by atoms with Crippen LogP contribution in [0.1, 0.15) is 17.3 Å². The molecule has 21 heteroatoms. The number of aromatic hydroxyl groups is 3. The minimum absolute atomic E-state index is 0.0199. The van der Waals surface area contributed by atoms with E-state index < -0.39 is 117 Å². The van der Waals surface area contributed by atoms with Gasteiger partial charge in [-0.3, -0.25) is 0 Å². The molecule has 1 aromatic heterocycles. The third kappa shape index (κ3) is 9.29. The summed E-state index contributed by atoms with van der Waals surface area (Å²) in [4.78, 5) is 12.5. The number of benzene rings is 3. The summed E-state index contributed by atoms with van der Waals surface area (Å²) in [5.74, 6) is -1.99. The highest BCUT2D eigenvalue weighted by Crippen LogP contribution is 2.42. The van der Waals surface area contributed by atoms with Gasteiger partial charge in [-0.05, 0) is 55.5 Å². The van der Waals surface area contributed by atoms with Crippen LogP contribution in [-0.4, -0.2) is 173 Å². The van der Waals surface area contributed by atoms with Crippen LogP contribution in [0, 0.1) is 0 Å². The Kier molecular flexibility index (Phi) is 13.1. The summed E-state index contributed by atoms with van der Waals surface area (Å²) >= 11 is 0. The Morgan fingerprint density at radius 2 is 1.15 bits per heavy atom. The standard InChI is InChI=1S/C40H44O21/c1-15-27(44)30(47)33(50)38(56-15)55-14-26-29(46)32(49)35(52)40(61-26)59-24-12-21-22(43)10-20(11-23(21)58-36(24)16-2-6-18(41)7-3-16)57-39-34(51)31(48)28(45)25(60-39)13-54-37(53)17-4-8-19(42)9-5-17/h2-12,15,25-35,38-40,44-52H,13-14H2,1H3,(H2-,41,42,43,53)/p+1/t15-,25-,26+,27-,28+,29+,30+,31-,32-,33-,34-,35+,38+,39+,40+/m0/s1. The predicted molar refractivity (Wildman–Crippen MR) is 201 cm³/mol. The van der Waals surface area contributed by atoms with E-state index in [4.69, 9.17) is 37.6 Å². The lowest BCUT2D eigenvalue weighted by molar-refractivity contribution is -0.318. The lowest BCUT2D eigenvalue weighted by Crippen LogP contribution is -2.61. The summed E-state index contributed by atoms with van der Waals surface area (Å²) in [6.45, 7) is 0.280. The maximum absolute atomic E-state index is 12.5. The van der Waals surface area contributed by atoms with Crippen molar-refractivity contribution in [2.45, 2.75) is 99.0 Å². The fourth-order valence-corrected chi connectivity index (χ4v) is 6.89. The Bertz CT molecular complexity index is 2140. The number of phenolic OH excluding ortho intramolecular Hbond substituents is 3. The van der Waals surface area contributed by atoms with Crippen LogP contribution in [0.2, 0.25) is 0 Å². The molecule has 4 aromatic rings. The van der Waals surface area contributed by atoms with E-state index in [0.29, 0.717) is 0 Å². The zero-order chi connectivity index (χ0) is 43.9. The molecule has 3 aliphatic rings. The number of hydrogen-bond donors (Lipinski definition) is 12. The summed E-state index contributed by atoms with van der Waals surface area (Å²) in [5, 5.41) is 126. The van der Waals surface area contributed by atoms with Crippen LogP contribution < -0.4 is 9.47 Å². The smallest absolute Gasteiger partial charge is 0.402 e. The number of esters is 1. The van der Waals surface area contributed by atoms with Gasteiger partial charge in [-0.25, -0.2) is 9.21 Å². The quantitative estimate of drug-likeness (QED) is 0.0608. The van der Waals surface area contributed by atoms with Crippen molar-refractivity contribution in [1.82, 2.24) is 0 Å². The molecule has 0 spiro atoms. The normalized spacial score (nSPS) is 34.2. The molecule has 3 fully saturated rings. The molecular formula is C40H45O21+. The van der Waals surface area contributed by atoms with Gasteiger partial charge in [-0.2, -0.15) is 0 Å². The Labute approximate surface area is 344 Å². The van der Waals surface area contributed by atoms with E-state index in [1.165, 1.54) is 67.6 Å². The second kappa shape index (κ2) is 18.2. The third-order valence-electron chi connectivity index (χ3n) is 10.5. The topological polar surface area (TPSA) is 336 Å². The maximum Gasteiger partial charge on any atom is 0.402 e. The predicted octanol–water partition coefficient (Wildman–Crippen LogP) is -1.43. The number of ether oxygens (including phenoxy) is 7. The first-order valence-corrected chi connectivity index (χ1v) is 18.9. The van der Waals surface area contributed by atoms with Crippen molar-refractivity contribution < 1.29 is 104 Å². The first-order chi connectivity index (χ1) is 29.0. The van der Waals surface area contributed by atoms with E-state index in [-0.39, 0.29) is 50.9 Å². The molecule has 4 heterocycles. The van der Waals surface area contributed by atoms with Crippen LogP contribution in [0.5, 0.6) is 28.7 Å². The summed E-state index contributed by atoms with van der Waals surface area (Å²) in [6.07, 6.45) is -24.3. The van der Waals surface area contributed by atoms with Crippen molar-refractivity contribution in [3.63, 3.8) is 0 Å². The van der Waals surface area contributed by atoms with Crippen molar-refractivity contribution in [1.29, 1.82) is 0 Å². The third-order valence-corrected chi connectivity index (χ3v) is 10.5. The van der Waals surface area contributed by atoms with Crippen LogP contribution in [0.15, 0.2) is 71.1 Å². The minimum atomic E-state index is -1.89. The maximum atomic E-state index is 12.5. The second-order valence-corrected chi connectivity index (χ2v) is 14.8.